The predicted molar refractivity (Wildman–Crippen MR) is 110 cm³/mol. The lowest BCUT2D eigenvalue weighted by atomic mass is 9.70. The van der Waals surface area contributed by atoms with Gasteiger partial charge in [0, 0.05) is 18.3 Å². The topological polar surface area (TPSA) is 27.7 Å². The molecule has 0 aromatic rings. The summed E-state index contributed by atoms with van der Waals surface area (Å²) in [5, 5.41) is 0. The summed E-state index contributed by atoms with van der Waals surface area (Å²) < 4.78 is 20.1. The van der Waals surface area contributed by atoms with E-state index in [1.54, 1.807) is 0 Å². The maximum atomic E-state index is 6.88. The number of rotatable bonds is 6. The van der Waals surface area contributed by atoms with Crippen LogP contribution in [-0.2, 0) is 11.4 Å². The van der Waals surface area contributed by atoms with Gasteiger partial charge in [-0.2, -0.15) is 0 Å². The lowest BCUT2D eigenvalue weighted by Gasteiger charge is -2.46. The maximum Gasteiger partial charge on any atom is 0.906 e. The Hall–Kier alpha value is 0.412. The first-order valence-corrected chi connectivity index (χ1v) is 12.8. The van der Waals surface area contributed by atoms with Crippen LogP contribution in [0.3, 0.4) is 0 Å². The number of fused-ring (bicyclic) bond motifs is 4. The van der Waals surface area contributed by atoms with E-state index in [9.17, 15) is 0 Å². The zero-order valence-electron chi connectivity index (χ0n) is 18.9. The van der Waals surface area contributed by atoms with Crippen molar-refractivity contribution in [3.05, 3.63) is 0 Å². The molecule has 4 aliphatic rings. The van der Waals surface area contributed by atoms with Gasteiger partial charge in [-0.05, 0) is 85.9 Å². The first-order chi connectivity index (χ1) is 12.4. The molecule has 4 bridgehead atoms. The fraction of sp³-hybridized carbons (Fsp3) is 1.00. The fourth-order valence-electron chi connectivity index (χ4n) is 7.73. The van der Waals surface area contributed by atoms with Crippen molar-refractivity contribution in [2.24, 2.45) is 33.5 Å². The summed E-state index contributed by atoms with van der Waals surface area (Å²) in [5.41, 5.74) is 1.07. The summed E-state index contributed by atoms with van der Waals surface area (Å²) in [5.74, 6) is 1.58. The van der Waals surface area contributed by atoms with Gasteiger partial charge in [-0.25, -0.2) is 0 Å². The van der Waals surface area contributed by atoms with Gasteiger partial charge in [-0.1, -0.05) is 41.5 Å². The van der Waals surface area contributed by atoms with Gasteiger partial charge in [0.1, 0.15) is 0 Å². The molecule has 0 heterocycles. The highest BCUT2D eigenvalue weighted by atomic mass is 27.3. The first kappa shape index (κ1) is 20.7. The van der Waals surface area contributed by atoms with Crippen LogP contribution in [0.15, 0.2) is 0 Å². The summed E-state index contributed by atoms with van der Waals surface area (Å²) >= 11 is -2.21. The van der Waals surface area contributed by atoms with Crippen molar-refractivity contribution >= 4 is 15.1 Å². The minimum atomic E-state index is -2.21. The van der Waals surface area contributed by atoms with Crippen LogP contribution < -0.4 is 0 Å². The third-order valence-electron chi connectivity index (χ3n) is 9.15. The normalized spacial score (nSPS) is 46.6. The van der Waals surface area contributed by atoms with Gasteiger partial charge >= 0.3 is 15.1 Å². The second-order valence-corrected chi connectivity index (χ2v) is 13.7. The zero-order chi connectivity index (χ0) is 19.8. The monoisotopic (exact) mass is 392 g/mol. The zero-order valence-corrected chi connectivity index (χ0v) is 20.1. The van der Waals surface area contributed by atoms with Gasteiger partial charge in [0.15, 0.2) is 0 Å². The molecule has 4 heteroatoms. The van der Waals surface area contributed by atoms with Crippen molar-refractivity contribution in [2.75, 3.05) is 0 Å². The van der Waals surface area contributed by atoms with Crippen LogP contribution in [0.1, 0.15) is 93.9 Å². The molecule has 0 N–H and O–H groups in total. The molecule has 27 heavy (non-hydrogen) atoms. The van der Waals surface area contributed by atoms with E-state index in [1.807, 2.05) is 0 Å². The summed E-state index contributed by atoms with van der Waals surface area (Å²) in [4.78, 5) is 0. The van der Waals surface area contributed by atoms with E-state index in [0.717, 1.165) is 11.8 Å². The Bertz CT molecular complexity index is 533. The highest BCUT2D eigenvalue weighted by Gasteiger charge is 2.64. The quantitative estimate of drug-likeness (QED) is 0.530. The molecule has 154 valence electrons. The molecule has 6 atom stereocenters. The molecule has 0 saturated heterocycles. The molecule has 0 radical (unpaired) electrons. The van der Waals surface area contributed by atoms with Crippen LogP contribution in [0.4, 0.5) is 0 Å². The Kier molecular flexibility index (Phi) is 4.94. The molecule has 0 aliphatic heterocycles. The average molecular weight is 393 g/mol. The SMILES string of the molecule is CC(C)[O][Al]([O]C1C2(C)CCC(C2)C1(C)C)[O]C1C2(C)CCC(C2)C1(C)C. The Balaban J connectivity index is 1.54. The molecular weight excluding hydrogens is 351 g/mol. The fourth-order valence-corrected chi connectivity index (χ4v) is 10.2. The Morgan fingerprint density at radius 3 is 1.44 bits per heavy atom. The van der Waals surface area contributed by atoms with Crippen LogP contribution in [0, 0.1) is 33.5 Å². The molecule has 4 aliphatic carbocycles. The van der Waals surface area contributed by atoms with Crippen LogP contribution in [-0.4, -0.2) is 33.5 Å². The van der Waals surface area contributed by atoms with Gasteiger partial charge in [-0.3, -0.25) is 0 Å². The Morgan fingerprint density at radius 1 is 0.741 bits per heavy atom. The van der Waals surface area contributed by atoms with Crippen LogP contribution >= 0.6 is 0 Å². The molecule has 0 aromatic carbocycles. The highest BCUT2D eigenvalue weighted by Crippen LogP contribution is 2.65. The van der Waals surface area contributed by atoms with E-state index in [-0.39, 0.29) is 29.1 Å². The summed E-state index contributed by atoms with van der Waals surface area (Å²) in [6.07, 6.45) is 8.62. The third-order valence-corrected chi connectivity index (χ3v) is 10.9. The first-order valence-electron chi connectivity index (χ1n) is 11.3. The molecule has 4 rings (SSSR count). The van der Waals surface area contributed by atoms with Gasteiger partial charge < -0.3 is 11.4 Å². The second kappa shape index (κ2) is 6.45. The van der Waals surface area contributed by atoms with E-state index in [2.05, 4.69) is 55.4 Å². The van der Waals surface area contributed by atoms with Gasteiger partial charge in [0.2, 0.25) is 0 Å². The lowest BCUT2D eigenvalue weighted by molar-refractivity contribution is -0.101. The second-order valence-electron chi connectivity index (χ2n) is 12.3. The van der Waals surface area contributed by atoms with Crippen molar-refractivity contribution in [3.63, 3.8) is 0 Å². The van der Waals surface area contributed by atoms with E-state index in [1.165, 1.54) is 38.5 Å². The summed E-state index contributed by atoms with van der Waals surface area (Å²) in [6.45, 7) is 18.8. The number of hydrogen-bond acceptors (Lipinski definition) is 3. The van der Waals surface area contributed by atoms with Crippen molar-refractivity contribution in [2.45, 2.75) is 112 Å². The predicted octanol–water partition coefficient (Wildman–Crippen LogP) is 5.86. The Labute approximate surface area is 172 Å². The van der Waals surface area contributed by atoms with Gasteiger partial charge in [0.05, 0.1) is 0 Å². The lowest BCUT2D eigenvalue weighted by Crippen LogP contribution is -2.52. The standard InChI is InChI=1S/2C10H17O.C3H7O.Al/c2*1-9(2)7-4-5-10(3,6-7)8(9)11;1-3(2)4;/h2*7-8H,4-6H2,1-3H3;3H,1-2H3;/q3*-1;+3. The van der Waals surface area contributed by atoms with Crippen molar-refractivity contribution in [1.29, 1.82) is 0 Å². The highest BCUT2D eigenvalue weighted by molar-refractivity contribution is 6.36. The van der Waals surface area contributed by atoms with E-state index < -0.39 is 15.1 Å². The molecule has 0 aromatic heterocycles. The summed E-state index contributed by atoms with van der Waals surface area (Å²) in [6, 6.07) is 0. The van der Waals surface area contributed by atoms with Crippen molar-refractivity contribution in [3.8, 4) is 0 Å². The van der Waals surface area contributed by atoms with Crippen LogP contribution in [0.2, 0.25) is 0 Å². The molecule has 6 unspecified atom stereocenters. The Morgan fingerprint density at radius 2 is 1.15 bits per heavy atom. The van der Waals surface area contributed by atoms with E-state index in [4.69, 9.17) is 11.4 Å². The largest absolute Gasteiger partial charge is 0.906 e. The molecule has 4 saturated carbocycles. The molecular formula is C23H41AlO3. The van der Waals surface area contributed by atoms with Gasteiger partial charge in [0.25, 0.3) is 0 Å². The minimum absolute atomic E-state index is 0.158. The molecule has 0 spiro atoms. The van der Waals surface area contributed by atoms with Crippen LogP contribution in [0.25, 0.3) is 0 Å². The van der Waals surface area contributed by atoms with Crippen LogP contribution in [0.5, 0.6) is 0 Å². The van der Waals surface area contributed by atoms with Crippen molar-refractivity contribution in [1.82, 2.24) is 0 Å². The minimum Gasteiger partial charge on any atom is -0.452 e. The molecule has 4 fully saturated rings. The smallest absolute Gasteiger partial charge is 0.452 e. The average Bonchev–Trinajstić information content (AvgIpc) is 3.20. The third kappa shape index (κ3) is 3.17. The molecule has 0 amide bonds. The molecule has 3 nitrogen and oxygen atoms in total. The van der Waals surface area contributed by atoms with Crippen molar-refractivity contribution < 1.29 is 11.4 Å². The van der Waals surface area contributed by atoms with E-state index >= 15 is 0 Å². The number of hydrogen-bond donors (Lipinski definition) is 0. The van der Waals surface area contributed by atoms with E-state index in [0.29, 0.717) is 10.8 Å². The summed E-state index contributed by atoms with van der Waals surface area (Å²) in [7, 11) is 0. The van der Waals surface area contributed by atoms with Gasteiger partial charge in [-0.15, -0.1) is 0 Å². The maximum absolute atomic E-state index is 6.88.